The second-order valence-electron chi connectivity index (χ2n) is 8.90. The van der Waals surface area contributed by atoms with Gasteiger partial charge in [-0.2, -0.15) is 0 Å². The van der Waals surface area contributed by atoms with Crippen molar-refractivity contribution in [2.24, 2.45) is 10.8 Å². The predicted octanol–water partition coefficient (Wildman–Crippen LogP) is 1.28. The van der Waals surface area contributed by atoms with Crippen LogP contribution in [-0.4, -0.2) is 67.4 Å². The third-order valence-electron chi connectivity index (χ3n) is 7.53. The molecule has 2 aliphatic carbocycles. The van der Waals surface area contributed by atoms with Crippen molar-refractivity contribution >= 4 is 18.1 Å². The highest BCUT2D eigenvalue weighted by molar-refractivity contribution is 5.68. The lowest BCUT2D eigenvalue weighted by molar-refractivity contribution is -0.284. The molecule has 2 spiro atoms. The maximum atomic E-state index is 12.1. The minimum atomic E-state index is -0.859. The Morgan fingerprint density at radius 3 is 2.45 bits per heavy atom. The summed E-state index contributed by atoms with van der Waals surface area (Å²) in [4.78, 5) is 35.6. The Balaban J connectivity index is 1.65. The van der Waals surface area contributed by atoms with Crippen molar-refractivity contribution < 1.29 is 42.8 Å². The van der Waals surface area contributed by atoms with Gasteiger partial charge in [-0.05, 0) is 18.9 Å². The molecule has 5 rings (SSSR count). The van der Waals surface area contributed by atoms with E-state index in [1.165, 1.54) is 13.8 Å². The molecule has 0 aromatic heterocycles. The van der Waals surface area contributed by atoms with Crippen LogP contribution in [0.15, 0.2) is 11.6 Å². The highest BCUT2D eigenvalue weighted by Gasteiger charge is 2.85. The fourth-order valence-corrected chi connectivity index (χ4v) is 6.19. The van der Waals surface area contributed by atoms with Crippen LogP contribution in [0.2, 0.25) is 0 Å². The molecule has 3 aliphatic heterocycles. The number of cyclic esters (lactones) is 1. The van der Waals surface area contributed by atoms with Crippen LogP contribution < -0.4 is 0 Å². The van der Waals surface area contributed by atoms with E-state index in [1.54, 1.807) is 0 Å². The molecule has 0 aromatic rings. The molecule has 8 atom stereocenters. The topological polar surface area (TPSA) is 110 Å². The molecule has 0 N–H and O–H groups in total. The lowest BCUT2D eigenvalue weighted by Crippen LogP contribution is -2.73. The first kappa shape index (κ1) is 18.9. The molecule has 3 heterocycles. The molecule has 8 unspecified atom stereocenters. The van der Waals surface area contributed by atoms with Crippen molar-refractivity contribution in [1.82, 2.24) is 0 Å². The molecule has 0 aromatic carbocycles. The van der Waals surface area contributed by atoms with E-state index in [-0.39, 0.29) is 6.61 Å². The Morgan fingerprint density at radius 1 is 1.14 bits per heavy atom. The number of hydrogen-bond donors (Lipinski definition) is 0. The molecule has 29 heavy (non-hydrogen) atoms. The lowest BCUT2D eigenvalue weighted by Gasteiger charge is -2.61. The summed E-state index contributed by atoms with van der Waals surface area (Å²) in [7, 11) is 0. The molecule has 2 bridgehead atoms. The van der Waals surface area contributed by atoms with Gasteiger partial charge in [0.2, 0.25) is 0 Å². The second-order valence-corrected chi connectivity index (χ2v) is 8.90. The SMILES string of the molecule is CC(=O)OC1CC2(C)C3(CO3)C1OC1C=C(C)C(OC(C)=O)C3OC(=O)OCC132. The quantitative estimate of drug-likeness (QED) is 0.289. The van der Waals surface area contributed by atoms with Crippen molar-refractivity contribution in [2.75, 3.05) is 13.2 Å². The summed E-state index contributed by atoms with van der Waals surface area (Å²) in [5.74, 6) is -0.862. The van der Waals surface area contributed by atoms with Gasteiger partial charge in [0, 0.05) is 19.3 Å². The maximum Gasteiger partial charge on any atom is 0.508 e. The Kier molecular flexibility index (Phi) is 3.72. The van der Waals surface area contributed by atoms with Crippen LogP contribution in [0.1, 0.15) is 34.1 Å². The monoisotopic (exact) mass is 408 g/mol. The molecule has 158 valence electrons. The zero-order chi connectivity index (χ0) is 20.8. The molecule has 1 saturated carbocycles. The van der Waals surface area contributed by atoms with Crippen molar-refractivity contribution in [3.05, 3.63) is 11.6 Å². The van der Waals surface area contributed by atoms with Gasteiger partial charge in [0.05, 0.1) is 18.1 Å². The standard InChI is InChI=1S/C20H24O9/c1-9-5-13-19(7-24-17(23)29-16(19)14(9)27-11(3)22)18(4)6-12(26-10(2)21)15(28-13)20(18)8-25-20/h5,12-16H,6-8H2,1-4H3. The highest BCUT2D eigenvalue weighted by Crippen LogP contribution is 2.72. The summed E-state index contributed by atoms with van der Waals surface area (Å²) >= 11 is 0. The van der Waals surface area contributed by atoms with E-state index in [4.69, 9.17) is 28.4 Å². The summed E-state index contributed by atoms with van der Waals surface area (Å²) < 4.78 is 34.6. The van der Waals surface area contributed by atoms with Crippen molar-refractivity contribution in [3.63, 3.8) is 0 Å². The molecule has 0 radical (unpaired) electrons. The third kappa shape index (κ3) is 2.20. The Labute approximate surface area is 167 Å². The summed E-state index contributed by atoms with van der Waals surface area (Å²) in [5, 5.41) is 0. The number of epoxide rings is 1. The fourth-order valence-electron chi connectivity index (χ4n) is 6.19. The first-order valence-electron chi connectivity index (χ1n) is 9.80. The van der Waals surface area contributed by atoms with Gasteiger partial charge in [-0.25, -0.2) is 4.79 Å². The zero-order valence-corrected chi connectivity index (χ0v) is 16.8. The maximum absolute atomic E-state index is 12.1. The van der Waals surface area contributed by atoms with Crippen LogP contribution in [0, 0.1) is 10.8 Å². The number of carbonyl (C=O) groups is 3. The molecule has 4 fully saturated rings. The lowest BCUT2D eigenvalue weighted by atomic mass is 9.50. The third-order valence-corrected chi connectivity index (χ3v) is 7.53. The molecule has 0 amide bonds. The average Bonchev–Trinajstić information content (AvgIpc) is 3.39. The van der Waals surface area contributed by atoms with Gasteiger partial charge in [-0.1, -0.05) is 13.0 Å². The average molecular weight is 408 g/mol. The van der Waals surface area contributed by atoms with Crippen LogP contribution in [0.25, 0.3) is 0 Å². The molecule has 5 aliphatic rings. The van der Waals surface area contributed by atoms with E-state index in [2.05, 4.69) is 0 Å². The summed E-state index contributed by atoms with van der Waals surface area (Å²) in [6.07, 6.45) is -1.38. The van der Waals surface area contributed by atoms with E-state index in [9.17, 15) is 14.4 Å². The Hall–Kier alpha value is -2.13. The van der Waals surface area contributed by atoms with Gasteiger partial charge in [0.25, 0.3) is 0 Å². The number of hydrogen-bond acceptors (Lipinski definition) is 9. The minimum Gasteiger partial charge on any atom is -0.460 e. The van der Waals surface area contributed by atoms with E-state index < -0.39 is 65.0 Å². The van der Waals surface area contributed by atoms with E-state index in [0.717, 1.165) is 5.57 Å². The van der Waals surface area contributed by atoms with Crippen LogP contribution >= 0.6 is 0 Å². The molecule has 3 saturated heterocycles. The van der Waals surface area contributed by atoms with Gasteiger partial charge < -0.3 is 28.4 Å². The molecular formula is C20H24O9. The summed E-state index contributed by atoms with van der Waals surface area (Å²) in [6, 6.07) is 0. The number of carbonyl (C=O) groups excluding carboxylic acids is 3. The largest absolute Gasteiger partial charge is 0.508 e. The summed E-state index contributed by atoms with van der Waals surface area (Å²) in [6.45, 7) is 7.02. The number of rotatable bonds is 2. The van der Waals surface area contributed by atoms with Crippen molar-refractivity contribution in [3.8, 4) is 0 Å². The van der Waals surface area contributed by atoms with E-state index in [0.29, 0.717) is 13.0 Å². The predicted molar refractivity (Wildman–Crippen MR) is 93.6 cm³/mol. The summed E-state index contributed by atoms with van der Waals surface area (Å²) in [5.41, 5.74) is -1.40. The zero-order valence-electron chi connectivity index (χ0n) is 16.8. The van der Waals surface area contributed by atoms with Crippen LogP contribution in [-0.2, 0) is 38.0 Å². The Bertz CT molecular complexity index is 830. The van der Waals surface area contributed by atoms with Crippen LogP contribution in [0.5, 0.6) is 0 Å². The normalized spacial score (nSPS) is 49.2. The Morgan fingerprint density at radius 2 is 1.83 bits per heavy atom. The van der Waals surface area contributed by atoms with Gasteiger partial charge >= 0.3 is 18.1 Å². The number of esters is 2. The first-order valence-corrected chi connectivity index (χ1v) is 9.80. The molecule has 9 nitrogen and oxygen atoms in total. The second kappa shape index (κ2) is 5.72. The van der Waals surface area contributed by atoms with Crippen LogP contribution in [0.3, 0.4) is 0 Å². The van der Waals surface area contributed by atoms with Crippen LogP contribution in [0.4, 0.5) is 4.79 Å². The first-order chi connectivity index (χ1) is 13.6. The molecule has 9 heteroatoms. The number of ether oxygens (including phenoxy) is 6. The van der Waals surface area contributed by atoms with Crippen molar-refractivity contribution in [2.45, 2.75) is 70.2 Å². The minimum absolute atomic E-state index is 0.0316. The van der Waals surface area contributed by atoms with E-state index >= 15 is 0 Å². The fraction of sp³-hybridized carbons (Fsp3) is 0.750. The highest BCUT2D eigenvalue weighted by atomic mass is 16.7. The molecular weight excluding hydrogens is 384 g/mol. The van der Waals surface area contributed by atoms with Crippen molar-refractivity contribution in [1.29, 1.82) is 0 Å². The van der Waals surface area contributed by atoms with Gasteiger partial charge in [0.15, 0.2) is 12.2 Å². The van der Waals surface area contributed by atoms with Gasteiger partial charge in [-0.3, -0.25) is 9.59 Å². The van der Waals surface area contributed by atoms with Gasteiger partial charge in [-0.15, -0.1) is 0 Å². The van der Waals surface area contributed by atoms with E-state index in [1.807, 2.05) is 19.9 Å². The smallest absolute Gasteiger partial charge is 0.460 e. The van der Waals surface area contributed by atoms with Gasteiger partial charge in [0.1, 0.15) is 24.4 Å².